The fourth-order valence-corrected chi connectivity index (χ4v) is 3.45. The molecule has 1 fully saturated rings. The molecule has 0 aliphatic heterocycles. The second kappa shape index (κ2) is 7.75. The van der Waals surface area contributed by atoms with Crippen LogP contribution >= 0.6 is 0 Å². The predicted octanol–water partition coefficient (Wildman–Crippen LogP) is 4.10. The van der Waals surface area contributed by atoms with Crippen LogP contribution in [0, 0.1) is 0 Å². The fourth-order valence-electron chi connectivity index (χ4n) is 3.45. The van der Waals surface area contributed by atoms with Gasteiger partial charge in [-0.05, 0) is 36.1 Å². The molecule has 0 radical (unpaired) electrons. The zero-order valence-electron chi connectivity index (χ0n) is 15.2. The molecule has 0 N–H and O–H groups in total. The first kappa shape index (κ1) is 16.9. The third-order valence-corrected chi connectivity index (χ3v) is 4.91. The Labute approximate surface area is 155 Å². The molecule has 0 unspecified atom stereocenters. The number of para-hydroxylation sites is 1. The number of ether oxygens (including phenoxy) is 1. The Morgan fingerprint density at radius 2 is 1.88 bits per heavy atom. The summed E-state index contributed by atoms with van der Waals surface area (Å²) in [5.74, 6) is 0.977. The average Bonchev–Trinajstić information content (AvgIpc) is 3.39. The summed E-state index contributed by atoms with van der Waals surface area (Å²) in [7, 11) is 1.75. The van der Waals surface area contributed by atoms with Crippen molar-refractivity contribution in [3.05, 3.63) is 83.7 Å². The highest BCUT2D eigenvalue weighted by atomic mass is 16.5. The molecule has 3 aromatic rings. The van der Waals surface area contributed by atoms with Crippen molar-refractivity contribution in [1.82, 2.24) is 14.7 Å². The van der Waals surface area contributed by atoms with Gasteiger partial charge in [0, 0.05) is 37.1 Å². The fraction of sp³-hybridized carbons (Fsp3) is 0.318. The van der Waals surface area contributed by atoms with Gasteiger partial charge in [0.2, 0.25) is 0 Å². The van der Waals surface area contributed by atoms with E-state index in [0.29, 0.717) is 6.04 Å². The highest BCUT2D eigenvalue weighted by Crippen LogP contribution is 2.31. The molecule has 26 heavy (non-hydrogen) atoms. The summed E-state index contributed by atoms with van der Waals surface area (Å²) < 4.78 is 7.50. The molecule has 4 nitrogen and oxygen atoms in total. The molecule has 0 saturated heterocycles. The molecule has 0 amide bonds. The van der Waals surface area contributed by atoms with Gasteiger partial charge in [-0.25, -0.2) is 0 Å². The maximum absolute atomic E-state index is 5.54. The second-order valence-electron chi connectivity index (χ2n) is 6.97. The van der Waals surface area contributed by atoms with Gasteiger partial charge >= 0.3 is 0 Å². The first-order valence-electron chi connectivity index (χ1n) is 9.23. The lowest BCUT2D eigenvalue weighted by molar-refractivity contribution is 0.241. The zero-order valence-corrected chi connectivity index (χ0v) is 15.2. The quantitative estimate of drug-likeness (QED) is 0.614. The summed E-state index contributed by atoms with van der Waals surface area (Å²) in [6.45, 7) is 2.71. The van der Waals surface area contributed by atoms with Gasteiger partial charge in [0.05, 0.1) is 13.7 Å². The molecular formula is C22H25N3O. The van der Waals surface area contributed by atoms with Crippen LogP contribution in [0.15, 0.2) is 67.0 Å². The van der Waals surface area contributed by atoms with E-state index in [0.717, 1.165) is 25.4 Å². The van der Waals surface area contributed by atoms with Crippen molar-refractivity contribution >= 4 is 0 Å². The first-order valence-corrected chi connectivity index (χ1v) is 9.23. The van der Waals surface area contributed by atoms with Gasteiger partial charge in [0.1, 0.15) is 5.75 Å². The molecule has 1 aliphatic carbocycles. The molecule has 0 bridgehead atoms. The van der Waals surface area contributed by atoms with Crippen molar-refractivity contribution < 1.29 is 4.74 Å². The Morgan fingerprint density at radius 1 is 1.04 bits per heavy atom. The molecule has 2 aromatic carbocycles. The van der Waals surface area contributed by atoms with E-state index in [9.17, 15) is 0 Å². The minimum atomic E-state index is 0.690. The number of nitrogens with zero attached hydrogens (tertiary/aromatic N) is 3. The van der Waals surface area contributed by atoms with Gasteiger partial charge in [0.25, 0.3) is 0 Å². The Balaban J connectivity index is 1.48. The molecule has 0 spiro atoms. The van der Waals surface area contributed by atoms with Crippen molar-refractivity contribution in [3.8, 4) is 5.75 Å². The lowest BCUT2D eigenvalue weighted by Gasteiger charge is -2.23. The van der Waals surface area contributed by atoms with Crippen LogP contribution in [0.2, 0.25) is 0 Å². The van der Waals surface area contributed by atoms with E-state index in [1.165, 1.54) is 29.5 Å². The number of hydrogen-bond donors (Lipinski definition) is 0. The highest BCUT2D eigenvalue weighted by molar-refractivity contribution is 5.33. The minimum Gasteiger partial charge on any atom is -0.496 e. The van der Waals surface area contributed by atoms with Crippen LogP contribution in [0.3, 0.4) is 0 Å². The molecule has 1 aromatic heterocycles. The Hall–Kier alpha value is -2.59. The lowest BCUT2D eigenvalue weighted by atomic mass is 10.1. The van der Waals surface area contributed by atoms with Crippen molar-refractivity contribution in [2.24, 2.45) is 0 Å². The van der Waals surface area contributed by atoms with Gasteiger partial charge in [-0.3, -0.25) is 9.58 Å². The van der Waals surface area contributed by atoms with Crippen molar-refractivity contribution in [2.75, 3.05) is 7.11 Å². The zero-order chi connectivity index (χ0) is 17.8. The molecule has 0 atom stereocenters. The molecule has 134 valence electrons. The van der Waals surface area contributed by atoms with Crippen molar-refractivity contribution in [2.45, 2.75) is 38.5 Å². The van der Waals surface area contributed by atoms with E-state index < -0.39 is 0 Å². The van der Waals surface area contributed by atoms with Crippen LogP contribution in [-0.2, 0) is 19.6 Å². The smallest absolute Gasteiger partial charge is 0.123 e. The number of hydrogen-bond acceptors (Lipinski definition) is 3. The molecule has 4 heteroatoms. The lowest BCUT2D eigenvalue weighted by Crippen LogP contribution is -2.25. The van der Waals surface area contributed by atoms with Crippen LogP contribution in [0.4, 0.5) is 0 Å². The topological polar surface area (TPSA) is 30.3 Å². The minimum absolute atomic E-state index is 0.690. The van der Waals surface area contributed by atoms with Gasteiger partial charge in [-0.1, -0.05) is 42.5 Å². The van der Waals surface area contributed by atoms with Crippen LogP contribution in [0.25, 0.3) is 0 Å². The number of rotatable bonds is 8. The van der Waals surface area contributed by atoms with E-state index in [4.69, 9.17) is 4.74 Å². The van der Waals surface area contributed by atoms with Crippen LogP contribution in [0.1, 0.15) is 29.5 Å². The predicted molar refractivity (Wildman–Crippen MR) is 103 cm³/mol. The van der Waals surface area contributed by atoms with Gasteiger partial charge in [0.15, 0.2) is 0 Å². The Kier molecular flexibility index (Phi) is 5.02. The number of benzene rings is 2. The normalized spacial score (nSPS) is 13.9. The van der Waals surface area contributed by atoms with E-state index >= 15 is 0 Å². The van der Waals surface area contributed by atoms with Crippen LogP contribution < -0.4 is 4.74 Å². The summed E-state index contributed by atoms with van der Waals surface area (Å²) >= 11 is 0. The average molecular weight is 347 g/mol. The molecular weight excluding hydrogens is 322 g/mol. The summed E-state index contributed by atoms with van der Waals surface area (Å²) in [5, 5.41) is 4.31. The standard InChI is InChI=1S/C22H25N3O/c1-26-22-9-3-2-8-20(22)17-24(21-10-11-21)15-18-6-4-7-19(14-18)16-25-13-5-12-23-25/h2-9,12-14,21H,10-11,15-17H2,1H3. The van der Waals surface area contributed by atoms with Crippen molar-refractivity contribution in [1.29, 1.82) is 0 Å². The van der Waals surface area contributed by atoms with Crippen LogP contribution in [-0.4, -0.2) is 27.8 Å². The van der Waals surface area contributed by atoms with E-state index in [1.807, 2.05) is 35.3 Å². The highest BCUT2D eigenvalue weighted by Gasteiger charge is 2.29. The van der Waals surface area contributed by atoms with Crippen LogP contribution in [0.5, 0.6) is 5.75 Å². The second-order valence-corrected chi connectivity index (χ2v) is 6.97. The number of aromatic nitrogens is 2. The molecule has 1 saturated carbocycles. The molecule has 1 heterocycles. The largest absolute Gasteiger partial charge is 0.496 e. The van der Waals surface area contributed by atoms with E-state index in [2.05, 4.69) is 46.4 Å². The molecule has 1 aliphatic rings. The summed E-state index contributed by atoms with van der Waals surface area (Å²) in [4.78, 5) is 2.57. The molecule has 4 rings (SSSR count). The number of methoxy groups -OCH3 is 1. The van der Waals surface area contributed by atoms with Gasteiger partial charge in [-0.15, -0.1) is 0 Å². The summed E-state index contributed by atoms with van der Waals surface area (Å²) in [6, 6.07) is 19.9. The maximum Gasteiger partial charge on any atom is 0.123 e. The van der Waals surface area contributed by atoms with Gasteiger partial charge < -0.3 is 4.74 Å². The third kappa shape index (κ3) is 4.14. The first-order chi connectivity index (χ1) is 12.8. The SMILES string of the molecule is COc1ccccc1CN(Cc1cccc(Cn2cccn2)c1)C1CC1. The Morgan fingerprint density at radius 3 is 2.65 bits per heavy atom. The van der Waals surface area contributed by atoms with E-state index in [1.54, 1.807) is 7.11 Å². The summed E-state index contributed by atoms with van der Waals surface area (Å²) in [5.41, 5.74) is 3.91. The Bertz CT molecular complexity index is 840. The van der Waals surface area contributed by atoms with Gasteiger partial charge in [-0.2, -0.15) is 5.10 Å². The van der Waals surface area contributed by atoms with Crippen molar-refractivity contribution in [3.63, 3.8) is 0 Å². The maximum atomic E-state index is 5.54. The summed E-state index contributed by atoms with van der Waals surface area (Å²) in [6.07, 6.45) is 6.42. The monoisotopic (exact) mass is 347 g/mol. The van der Waals surface area contributed by atoms with E-state index in [-0.39, 0.29) is 0 Å². The third-order valence-electron chi connectivity index (χ3n) is 4.91.